The molecule has 0 radical (unpaired) electrons. The van der Waals surface area contributed by atoms with Crippen molar-refractivity contribution in [1.82, 2.24) is 4.90 Å². The molecule has 3 rings (SSSR count). The maximum absolute atomic E-state index is 13.0. The van der Waals surface area contributed by atoms with Crippen LogP contribution >= 0.6 is 0 Å². The number of rotatable bonds is 8. The predicted octanol–water partition coefficient (Wildman–Crippen LogP) is 4.16. The zero-order valence-electron chi connectivity index (χ0n) is 18.5. The molecule has 0 aromatic heterocycles. The number of hydrogen-bond donors (Lipinski definition) is 1. The zero-order valence-corrected chi connectivity index (χ0v) is 18.5. The van der Waals surface area contributed by atoms with Crippen LogP contribution in [0.25, 0.3) is 5.76 Å². The lowest BCUT2D eigenvalue weighted by atomic mass is 9.93. The largest absolute Gasteiger partial charge is 0.507 e. The zero-order chi connectivity index (χ0) is 22.5. The topological polar surface area (TPSA) is 76.1 Å². The summed E-state index contributed by atoms with van der Waals surface area (Å²) in [6.45, 7) is 6.88. The molecule has 1 aliphatic heterocycles. The highest BCUT2D eigenvalue weighted by atomic mass is 16.5. The number of benzene rings is 2. The van der Waals surface area contributed by atoms with Crippen molar-refractivity contribution in [3.63, 3.8) is 0 Å². The van der Waals surface area contributed by atoms with Gasteiger partial charge in [-0.3, -0.25) is 9.59 Å². The number of aliphatic hydroxyl groups is 1. The van der Waals surface area contributed by atoms with Crippen LogP contribution in [0.2, 0.25) is 0 Å². The number of amides is 1. The van der Waals surface area contributed by atoms with E-state index in [0.29, 0.717) is 23.5 Å². The van der Waals surface area contributed by atoms with E-state index in [4.69, 9.17) is 9.47 Å². The van der Waals surface area contributed by atoms with Crippen LogP contribution in [0, 0.1) is 13.8 Å². The average molecular weight is 424 g/mol. The third-order valence-corrected chi connectivity index (χ3v) is 5.37. The van der Waals surface area contributed by atoms with Crippen molar-refractivity contribution in [2.75, 3.05) is 26.9 Å². The first-order valence-electron chi connectivity index (χ1n) is 10.5. The summed E-state index contributed by atoms with van der Waals surface area (Å²) < 4.78 is 10.9. The number of ether oxygens (including phenoxy) is 2. The van der Waals surface area contributed by atoms with E-state index in [1.54, 1.807) is 7.11 Å². The molecule has 1 saturated heterocycles. The summed E-state index contributed by atoms with van der Waals surface area (Å²) in [6, 6.07) is 12.3. The summed E-state index contributed by atoms with van der Waals surface area (Å²) in [7, 11) is 1.54. The van der Waals surface area contributed by atoms with Crippen LogP contribution in [0.4, 0.5) is 0 Å². The summed E-state index contributed by atoms with van der Waals surface area (Å²) in [5.41, 5.74) is 3.11. The number of carbonyl (C=O) groups excluding carboxylic acids is 2. The molecule has 1 N–H and O–H groups in total. The number of carbonyl (C=O) groups is 2. The molecule has 0 saturated carbocycles. The van der Waals surface area contributed by atoms with Gasteiger partial charge in [0, 0.05) is 19.2 Å². The molecule has 1 heterocycles. The standard InChI is InChI=1S/C25H29NO5/c1-5-12-31-19-8-6-7-18(15-19)22-21(24(28)25(29)26(22)11-13-30-4)23(27)20-14-16(2)9-10-17(20)3/h6-10,14-15,22,27H,5,11-13H2,1-4H3/b23-21+. The molecule has 2 aromatic carbocycles. The minimum absolute atomic E-state index is 0.0856. The van der Waals surface area contributed by atoms with Crippen LogP contribution in [-0.4, -0.2) is 48.6 Å². The van der Waals surface area contributed by atoms with Gasteiger partial charge in [-0.25, -0.2) is 0 Å². The normalized spacial score (nSPS) is 17.9. The van der Waals surface area contributed by atoms with Crippen molar-refractivity contribution in [3.8, 4) is 5.75 Å². The first kappa shape index (κ1) is 22.6. The third-order valence-electron chi connectivity index (χ3n) is 5.37. The number of Topliss-reactive ketones (excluding diaryl/α,β-unsaturated/α-hetero) is 1. The van der Waals surface area contributed by atoms with Gasteiger partial charge in [0.25, 0.3) is 11.7 Å². The molecular weight excluding hydrogens is 394 g/mol. The second-order valence-corrected chi connectivity index (χ2v) is 7.72. The van der Waals surface area contributed by atoms with Gasteiger partial charge in [0.2, 0.25) is 0 Å². The quantitative estimate of drug-likeness (QED) is 0.392. The molecule has 0 bridgehead atoms. The molecule has 1 aliphatic rings. The molecule has 1 atom stereocenters. The van der Waals surface area contributed by atoms with Crippen molar-refractivity contribution in [3.05, 3.63) is 70.3 Å². The Hall–Kier alpha value is -3.12. The predicted molar refractivity (Wildman–Crippen MR) is 119 cm³/mol. The Morgan fingerprint density at radius 3 is 2.58 bits per heavy atom. The van der Waals surface area contributed by atoms with Crippen molar-refractivity contribution in [2.45, 2.75) is 33.2 Å². The molecule has 1 unspecified atom stereocenters. The molecule has 31 heavy (non-hydrogen) atoms. The van der Waals surface area contributed by atoms with Gasteiger partial charge in [-0.2, -0.15) is 0 Å². The van der Waals surface area contributed by atoms with Crippen molar-refractivity contribution in [1.29, 1.82) is 0 Å². The first-order valence-corrected chi connectivity index (χ1v) is 10.5. The number of nitrogens with zero attached hydrogens (tertiary/aromatic N) is 1. The smallest absolute Gasteiger partial charge is 0.295 e. The highest BCUT2D eigenvalue weighted by Crippen LogP contribution is 2.40. The van der Waals surface area contributed by atoms with Crippen LogP contribution in [0.15, 0.2) is 48.0 Å². The molecule has 1 fully saturated rings. The lowest BCUT2D eigenvalue weighted by molar-refractivity contribution is -0.140. The summed E-state index contributed by atoms with van der Waals surface area (Å²) in [5.74, 6) is -0.846. The van der Waals surface area contributed by atoms with E-state index in [1.165, 1.54) is 4.90 Å². The molecule has 164 valence electrons. The van der Waals surface area contributed by atoms with Crippen molar-refractivity contribution >= 4 is 17.4 Å². The van der Waals surface area contributed by atoms with E-state index in [9.17, 15) is 14.7 Å². The number of hydrogen-bond acceptors (Lipinski definition) is 5. The van der Waals surface area contributed by atoms with Gasteiger partial charge in [-0.15, -0.1) is 0 Å². The Bertz CT molecular complexity index is 1010. The fraction of sp³-hybridized carbons (Fsp3) is 0.360. The molecule has 2 aromatic rings. The Balaban J connectivity index is 2.17. The van der Waals surface area contributed by atoms with E-state index in [-0.39, 0.29) is 24.5 Å². The molecule has 1 amide bonds. The Morgan fingerprint density at radius 2 is 1.87 bits per heavy atom. The van der Waals surface area contributed by atoms with E-state index < -0.39 is 17.7 Å². The Kier molecular flexibility index (Phi) is 7.13. The van der Waals surface area contributed by atoms with E-state index in [0.717, 1.165) is 17.5 Å². The van der Waals surface area contributed by atoms with Crippen LogP contribution in [0.1, 0.15) is 41.6 Å². The first-order chi connectivity index (χ1) is 14.9. The highest BCUT2D eigenvalue weighted by molar-refractivity contribution is 6.46. The van der Waals surface area contributed by atoms with E-state index in [2.05, 4.69) is 0 Å². The monoisotopic (exact) mass is 423 g/mol. The minimum Gasteiger partial charge on any atom is -0.507 e. The third kappa shape index (κ3) is 4.64. The lowest BCUT2D eigenvalue weighted by Crippen LogP contribution is -2.32. The van der Waals surface area contributed by atoms with Crippen molar-refractivity contribution in [2.24, 2.45) is 0 Å². The number of aliphatic hydroxyl groups excluding tert-OH is 1. The molecular formula is C25H29NO5. The maximum Gasteiger partial charge on any atom is 0.295 e. The van der Waals surface area contributed by atoms with Crippen LogP contribution < -0.4 is 4.74 Å². The number of ketones is 1. The van der Waals surface area contributed by atoms with Crippen molar-refractivity contribution < 1.29 is 24.2 Å². The van der Waals surface area contributed by atoms with Gasteiger partial charge >= 0.3 is 0 Å². The fourth-order valence-corrected chi connectivity index (χ4v) is 3.78. The van der Waals surface area contributed by atoms with Gasteiger partial charge in [0.15, 0.2) is 0 Å². The van der Waals surface area contributed by atoms with E-state index >= 15 is 0 Å². The SMILES string of the molecule is CCCOc1cccc(C2/C(=C(\O)c3cc(C)ccc3C)C(=O)C(=O)N2CCOC)c1. The van der Waals surface area contributed by atoms with Crippen LogP contribution in [0.3, 0.4) is 0 Å². The second kappa shape index (κ2) is 9.79. The number of aryl methyl sites for hydroxylation is 2. The molecule has 6 heteroatoms. The van der Waals surface area contributed by atoms with Gasteiger partial charge in [0.1, 0.15) is 11.5 Å². The fourth-order valence-electron chi connectivity index (χ4n) is 3.78. The minimum atomic E-state index is -0.722. The van der Waals surface area contributed by atoms with Gasteiger partial charge in [0.05, 0.1) is 24.8 Å². The lowest BCUT2D eigenvalue weighted by Gasteiger charge is -2.25. The summed E-state index contributed by atoms with van der Waals surface area (Å²) >= 11 is 0. The van der Waals surface area contributed by atoms with Gasteiger partial charge in [-0.1, -0.05) is 36.8 Å². The second-order valence-electron chi connectivity index (χ2n) is 7.72. The van der Waals surface area contributed by atoms with Crippen LogP contribution in [0.5, 0.6) is 5.75 Å². The number of methoxy groups -OCH3 is 1. The molecule has 0 spiro atoms. The Morgan fingerprint density at radius 1 is 1.10 bits per heavy atom. The van der Waals surface area contributed by atoms with Gasteiger partial charge in [-0.05, 0) is 49.6 Å². The van der Waals surface area contributed by atoms with Crippen LogP contribution in [-0.2, 0) is 14.3 Å². The summed E-state index contributed by atoms with van der Waals surface area (Å²) in [4.78, 5) is 27.4. The highest BCUT2D eigenvalue weighted by Gasteiger charge is 2.46. The summed E-state index contributed by atoms with van der Waals surface area (Å²) in [5, 5.41) is 11.2. The average Bonchev–Trinajstić information content (AvgIpc) is 3.02. The molecule has 0 aliphatic carbocycles. The van der Waals surface area contributed by atoms with Gasteiger partial charge < -0.3 is 19.5 Å². The Labute approximate surface area is 183 Å². The van der Waals surface area contributed by atoms with E-state index in [1.807, 2.05) is 63.2 Å². The summed E-state index contributed by atoms with van der Waals surface area (Å²) in [6.07, 6.45) is 0.864. The maximum atomic E-state index is 13.0. The molecule has 6 nitrogen and oxygen atoms in total. The number of likely N-dealkylation sites (tertiary alicyclic amines) is 1.